The van der Waals surface area contributed by atoms with E-state index in [1.54, 1.807) is 0 Å². The van der Waals surface area contributed by atoms with Crippen molar-refractivity contribution >= 4 is 5.96 Å². The molecule has 0 spiro atoms. The highest BCUT2D eigenvalue weighted by Gasteiger charge is 2.20. The van der Waals surface area contributed by atoms with Crippen molar-refractivity contribution in [2.75, 3.05) is 19.6 Å². The molecular formula is C14H21N3. The second kappa shape index (κ2) is 5.21. The van der Waals surface area contributed by atoms with E-state index in [1.807, 2.05) is 0 Å². The van der Waals surface area contributed by atoms with Gasteiger partial charge in [-0.25, -0.2) is 0 Å². The zero-order valence-electron chi connectivity index (χ0n) is 10.7. The van der Waals surface area contributed by atoms with E-state index in [9.17, 15) is 0 Å². The minimum atomic E-state index is 0.114. The first kappa shape index (κ1) is 12.0. The number of rotatable bonds is 3. The van der Waals surface area contributed by atoms with Crippen molar-refractivity contribution in [1.29, 1.82) is 0 Å². The molecule has 1 aromatic carbocycles. The van der Waals surface area contributed by atoms with Crippen LogP contribution in [-0.4, -0.2) is 25.6 Å². The summed E-state index contributed by atoms with van der Waals surface area (Å²) in [5.41, 5.74) is 1.46. The van der Waals surface area contributed by atoms with Crippen LogP contribution in [0.4, 0.5) is 0 Å². The van der Waals surface area contributed by atoms with E-state index in [0.717, 1.165) is 32.0 Å². The second-order valence-corrected chi connectivity index (χ2v) is 5.11. The Balaban J connectivity index is 1.95. The summed E-state index contributed by atoms with van der Waals surface area (Å²) in [4.78, 5) is 4.42. The van der Waals surface area contributed by atoms with Crippen LogP contribution in [-0.2, 0) is 5.41 Å². The van der Waals surface area contributed by atoms with Crippen molar-refractivity contribution in [3.8, 4) is 0 Å². The van der Waals surface area contributed by atoms with Gasteiger partial charge in [-0.3, -0.25) is 4.99 Å². The van der Waals surface area contributed by atoms with Gasteiger partial charge in [-0.15, -0.1) is 0 Å². The van der Waals surface area contributed by atoms with Crippen LogP contribution in [0, 0.1) is 0 Å². The Morgan fingerprint density at radius 3 is 2.71 bits per heavy atom. The zero-order valence-corrected chi connectivity index (χ0v) is 10.7. The molecular weight excluding hydrogens is 210 g/mol. The third kappa shape index (κ3) is 3.22. The number of nitrogens with one attached hydrogen (secondary N) is 2. The fourth-order valence-corrected chi connectivity index (χ4v) is 1.95. The lowest BCUT2D eigenvalue weighted by atomic mass is 9.85. The largest absolute Gasteiger partial charge is 0.356 e. The van der Waals surface area contributed by atoms with Gasteiger partial charge in [0.1, 0.15) is 0 Å². The summed E-state index contributed by atoms with van der Waals surface area (Å²) in [5.74, 6) is 0.945. The third-order valence-corrected chi connectivity index (χ3v) is 3.15. The summed E-state index contributed by atoms with van der Waals surface area (Å²) in [6.07, 6.45) is 1.13. The summed E-state index contributed by atoms with van der Waals surface area (Å²) in [5, 5.41) is 6.68. The molecule has 3 nitrogen and oxygen atoms in total. The lowest BCUT2D eigenvalue weighted by molar-refractivity contribution is 0.506. The average Bonchev–Trinajstić information content (AvgIpc) is 2.39. The second-order valence-electron chi connectivity index (χ2n) is 5.11. The van der Waals surface area contributed by atoms with Gasteiger partial charge < -0.3 is 10.6 Å². The summed E-state index contributed by atoms with van der Waals surface area (Å²) >= 11 is 0. The number of hydrogen-bond donors (Lipinski definition) is 2. The number of guanidine groups is 1. The molecule has 0 atom stereocenters. The molecule has 3 heteroatoms. The molecule has 0 saturated carbocycles. The zero-order chi connectivity index (χ0) is 12.1. The van der Waals surface area contributed by atoms with E-state index < -0.39 is 0 Å². The Labute approximate surface area is 103 Å². The summed E-state index contributed by atoms with van der Waals surface area (Å²) in [6.45, 7) is 7.35. The van der Waals surface area contributed by atoms with Crippen LogP contribution in [0.15, 0.2) is 35.3 Å². The van der Waals surface area contributed by atoms with Gasteiger partial charge in [-0.2, -0.15) is 0 Å². The van der Waals surface area contributed by atoms with Gasteiger partial charge in [0, 0.05) is 25.0 Å². The van der Waals surface area contributed by atoms with Crippen molar-refractivity contribution in [2.45, 2.75) is 25.7 Å². The molecule has 0 unspecified atom stereocenters. The maximum Gasteiger partial charge on any atom is 0.191 e. The van der Waals surface area contributed by atoms with Gasteiger partial charge in [0.25, 0.3) is 0 Å². The van der Waals surface area contributed by atoms with Crippen molar-refractivity contribution < 1.29 is 0 Å². The lowest BCUT2D eigenvalue weighted by Crippen LogP contribution is -2.45. The van der Waals surface area contributed by atoms with E-state index >= 15 is 0 Å². The molecule has 0 bridgehead atoms. The maximum absolute atomic E-state index is 4.42. The Hall–Kier alpha value is -1.51. The van der Waals surface area contributed by atoms with E-state index in [2.05, 4.69) is 59.8 Å². The van der Waals surface area contributed by atoms with Crippen molar-refractivity contribution in [3.05, 3.63) is 35.9 Å². The fraction of sp³-hybridized carbons (Fsp3) is 0.500. The predicted octanol–water partition coefficient (Wildman–Crippen LogP) is 1.90. The van der Waals surface area contributed by atoms with E-state index in [1.165, 1.54) is 5.56 Å². The summed E-state index contributed by atoms with van der Waals surface area (Å²) < 4.78 is 0. The molecule has 0 aromatic heterocycles. The molecule has 2 N–H and O–H groups in total. The SMILES string of the molecule is CC(C)(CNC1=NCCCN1)c1ccccc1. The summed E-state index contributed by atoms with van der Waals surface area (Å²) in [6, 6.07) is 10.6. The van der Waals surface area contributed by atoms with Gasteiger partial charge in [0.15, 0.2) is 5.96 Å². The highest BCUT2D eigenvalue weighted by molar-refractivity contribution is 5.80. The molecule has 1 aliphatic rings. The molecule has 0 aliphatic carbocycles. The molecule has 92 valence electrons. The Kier molecular flexibility index (Phi) is 3.67. The van der Waals surface area contributed by atoms with Gasteiger partial charge in [-0.05, 0) is 12.0 Å². The Morgan fingerprint density at radius 2 is 2.06 bits per heavy atom. The topological polar surface area (TPSA) is 36.4 Å². The van der Waals surface area contributed by atoms with E-state index in [-0.39, 0.29) is 5.41 Å². The van der Waals surface area contributed by atoms with Gasteiger partial charge >= 0.3 is 0 Å². The van der Waals surface area contributed by atoms with Gasteiger partial charge in [-0.1, -0.05) is 44.2 Å². The molecule has 2 rings (SSSR count). The number of benzene rings is 1. The van der Waals surface area contributed by atoms with E-state index in [4.69, 9.17) is 0 Å². The smallest absolute Gasteiger partial charge is 0.191 e. The monoisotopic (exact) mass is 231 g/mol. The standard InChI is InChI=1S/C14H21N3/c1-14(2,12-7-4-3-5-8-12)11-17-13-15-9-6-10-16-13/h3-5,7-8H,6,9-11H2,1-2H3,(H2,15,16,17). The van der Waals surface area contributed by atoms with Gasteiger partial charge in [0.05, 0.1) is 0 Å². The molecule has 0 radical (unpaired) electrons. The van der Waals surface area contributed by atoms with Crippen molar-refractivity contribution in [1.82, 2.24) is 10.6 Å². The van der Waals surface area contributed by atoms with Crippen LogP contribution >= 0.6 is 0 Å². The highest BCUT2D eigenvalue weighted by atomic mass is 15.2. The number of hydrogen-bond acceptors (Lipinski definition) is 3. The molecule has 0 amide bonds. The normalized spacial score (nSPS) is 16.0. The summed E-state index contributed by atoms with van der Waals surface area (Å²) in [7, 11) is 0. The van der Waals surface area contributed by atoms with Crippen LogP contribution < -0.4 is 10.6 Å². The first-order valence-electron chi connectivity index (χ1n) is 6.26. The van der Waals surface area contributed by atoms with Crippen LogP contribution in [0.2, 0.25) is 0 Å². The predicted molar refractivity (Wildman–Crippen MR) is 72.4 cm³/mol. The molecule has 0 saturated heterocycles. The van der Waals surface area contributed by atoms with Crippen molar-refractivity contribution in [3.63, 3.8) is 0 Å². The molecule has 1 aromatic rings. The Morgan fingerprint density at radius 1 is 1.29 bits per heavy atom. The van der Waals surface area contributed by atoms with E-state index in [0.29, 0.717) is 0 Å². The Bertz CT molecular complexity index is 382. The highest BCUT2D eigenvalue weighted by Crippen LogP contribution is 2.21. The first-order chi connectivity index (χ1) is 8.18. The van der Waals surface area contributed by atoms with Crippen molar-refractivity contribution in [2.24, 2.45) is 4.99 Å². The maximum atomic E-state index is 4.42. The number of nitrogens with zero attached hydrogens (tertiary/aromatic N) is 1. The molecule has 17 heavy (non-hydrogen) atoms. The quantitative estimate of drug-likeness (QED) is 0.833. The molecule has 1 heterocycles. The van der Waals surface area contributed by atoms with Gasteiger partial charge in [0.2, 0.25) is 0 Å². The molecule has 0 fully saturated rings. The average molecular weight is 231 g/mol. The van der Waals surface area contributed by atoms with Crippen LogP contribution in [0.1, 0.15) is 25.8 Å². The fourth-order valence-electron chi connectivity index (χ4n) is 1.95. The molecule has 1 aliphatic heterocycles. The lowest BCUT2D eigenvalue weighted by Gasteiger charge is -2.27. The van der Waals surface area contributed by atoms with Crippen LogP contribution in [0.3, 0.4) is 0 Å². The van der Waals surface area contributed by atoms with Crippen LogP contribution in [0.25, 0.3) is 0 Å². The van der Waals surface area contributed by atoms with Crippen LogP contribution in [0.5, 0.6) is 0 Å². The minimum absolute atomic E-state index is 0.114. The third-order valence-electron chi connectivity index (χ3n) is 3.15. The minimum Gasteiger partial charge on any atom is -0.356 e. The number of aliphatic imine (C=N–C) groups is 1. The first-order valence-corrected chi connectivity index (χ1v) is 6.26.